The molecule has 9 heteroatoms. The number of hydrogen-bond acceptors (Lipinski definition) is 4. The molecule has 0 atom stereocenters. The molecule has 2 aromatic rings. The Morgan fingerprint density at radius 3 is 1.41 bits per heavy atom. The highest BCUT2D eigenvalue weighted by Gasteiger charge is 2.40. The van der Waals surface area contributed by atoms with E-state index in [0.717, 1.165) is 21.0 Å². The van der Waals surface area contributed by atoms with Gasteiger partial charge >= 0.3 is 8.80 Å². The molecule has 0 aliphatic heterocycles. The van der Waals surface area contributed by atoms with Crippen LogP contribution in [0.25, 0.3) is 0 Å². The van der Waals surface area contributed by atoms with Gasteiger partial charge in [0, 0.05) is 48.5 Å². The van der Waals surface area contributed by atoms with Crippen LogP contribution in [0.15, 0.2) is 48.5 Å². The van der Waals surface area contributed by atoms with E-state index in [0.29, 0.717) is 22.2 Å². The minimum Gasteiger partial charge on any atom is -0.442 e. The van der Waals surface area contributed by atoms with E-state index in [1.165, 1.54) is 10.8 Å². The standard InChI is InChI=1S/C10H15ClO3Si.C7H9ClSi.CH4.H4OSi/c1-12-15(13-2,14-3)10-6-4-9(8-11)5-7-10;8-5-6-1-3-7(9)4-2-6;;1-2/h4-7H,8H2,1-3H3;1-4H,5H2,9H3;1H4;1H,2H3. The summed E-state index contributed by atoms with van der Waals surface area (Å²) in [6, 6.07) is 16.2. The summed E-state index contributed by atoms with van der Waals surface area (Å²) < 4.78 is 16.1. The van der Waals surface area contributed by atoms with Crippen LogP contribution in [0.3, 0.4) is 0 Å². The molecule has 154 valence electrons. The Bertz CT molecular complexity index is 586. The van der Waals surface area contributed by atoms with Crippen molar-refractivity contribution < 1.29 is 18.1 Å². The van der Waals surface area contributed by atoms with Crippen molar-refractivity contribution in [2.24, 2.45) is 0 Å². The average molecular weight is 468 g/mol. The van der Waals surface area contributed by atoms with E-state index in [4.69, 9.17) is 41.3 Å². The maximum atomic E-state index is 7.14. The summed E-state index contributed by atoms with van der Waals surface area (Å²) in [5.41, 5.74) is 2.27. The second-order valence-electron chi connectivity index (χ2n) is 5.12. The average Bonchev–Trinajstić information content (AvgIpc) is 2.73. The van der Waals surface area contributed by atoms with Gasteiger partial charge in [0.25, 0.3) is 0 Å². The van der Waals surface area contributed by atoms with Gasteiger partial charge in [-0.25, -0.2) is 0 Å². The fraction of sp³-hybridized carbons (Fsp3) is 0.333. The van der Waals surface area contributed by atoms with Crippen LogP contribution in [-0.4, -0.2) is 55.7 Å². The van der Waals surface area contributed by atoms with Gasteiger partial charge in [-0.2, -0.15) is 0 Å². The molecule has 0 saturated carbocycles. The van der Waals surface area contributed by atoms with Crippen molar-refractivity contribution in [3.8, 4) is 0 Å². The number of benzene rings is 2. The van der Waals surface area contributed by atoms with Crippen LogP contribution >= 0.6 is 23.2 Å². The van der Waals surface area contributed by atoms with Crippen molar-refractivity contribution in [3.05, 3.63) is 59.7 Å². The Morgan fingerprint density at radius 1 is 0.778 bits per heavy atom. The lowest BCUT2D eigenvalue weighted by atomic mass is 10.2. The maximum absolute atomic E-state index is 7.14. The van der Waals surface area contributed by atoms with Crippen molar-refractivity contribution in [3.63, 3.8) is 0 Å². The SMILES string of the molecule is C.CO[Si](OC)(OC)c1ccc(CCl)cc1.O[SiH3].[SiH3]c1ccc(CCl)cc1. The zero-order valence-corrected chi connectivity index (χ0v) is 22.5. The third-order valence-electron chi connectivity index (χ3n) is 3.54. The van der Waals surface area contributed by atoms with Crippen LogP contribution in [0.2, 0.25) is 0 Å². The first kappa shape index (κ1) is 28.7. The van der Waals surface area contributed by atoms with Crippen LogP contribution in [0.1, 0.15) is 18.6 Å². The van der Waals surface area contributed by atoms with Crippen LogP contribution < -0.4 is 10.4 Å². The Morgan fingerprint density at radius 2 is 1.11 bits per heavy atom. The van der Waals surface area contributed by atoms with Gasteiger partial charge in [0.15, 0.2) is 0 Å². The van der Waals surface area contributed by atoms with E-state index in [1.807, 2.05) is 24.3 Å². The van der Waals surface area contributed by atoms with E-state index >= 15 is 0 Å². The lowest BCUT2D eigenvalue weighted by molar-refractivity contribution is 0.140. The van der Waals surface area contributed by atoms with Gasteiger partial charge in [0.2, 0.25) is 0 Å². The molecule has 0 radical (unpaired) electrons. The molecule has 27 heavy (non-hydrogen) atoms. The highest BCUT2D eigenvalue weighted by atomic mass is 35.5. The molecular formula is C18H32Cl2O4Si3. The summed E-state index contributed by atoms with van der Waals surface area (Å²) >= 11 is 11.3. The van der Waals surface area contributed by atoms with Crippen LogP contribution in [0.4, 0.5) is 0 Å². The Balaban J connectivity index is 0. The van der Waals surface area contributed by atoms with E-state index in [1.54, 1.807) is 21.3 Å². The molecule has 1 N–H and O–H groups in total. The van der Waals surface area contributed by atoms with Crippen LogP contribution in [0.5, 0.6) is 0 Å². The number of hydrogen-bond donors (Lipinski definition) is 1. The molecule has 0 heterocycles. The molecular weight excluding hydrogens is 435 g/mol. The topological polar surface area (TPSA) is 47.9 Å². The molecule has 0 aliphatic carbocycles. The highest BCUT2D eigenvalue weighted by Crippen LogP contribution is 2.09. The van der Waals surface area contributed by atoms with Gasteiger partial charge in [-0.3, -0.25) is 0 Å². The van der Waals surface area contributed by atoms with Gasteiger partial charge in [-0.05, 0) is 11.1 Å². The van der Waals surface area contributed by atoms with Crippen molar-refractivity contribution in [2.75, 3.05) is 21.3 Å². The van der Waals surface area contributed by atoms with Crippen molar-refractivity contribution in [2.45, 2.75) is 19.2 Å². The smallest absolute Gasteiger partial charge is 0.442 e. The van der Waals surface area contributed by atoms with Gasteiger partial charge in [-0.15, -0.1) is 23.2 Å². The largest absolute Gasteiger partial charge is 0.536 e. The van der Waals surface area contributed by atoms with Gasteiger partial charge in [-0.1, -0.05) is 61.1 Å². The second-order valence-corrected chi connectivity index (χ2v) is 9.72. The molecule has 0 aromatic heterocycles. The predicted molar refractivity (Wildman–Crippen MR) is 127 cm³/mol. The Labute approximate surface area is 181 Å². The summed E-state index contributed by atoms with van der Waals surface area (Å²) in [5.74, 6) is 1.13. The molecule has 4 nitrogen and oxygen atoms in total. The van der Waals surface area contributed by atoms with Crippen LogP contribution in [-0.2, 0) is 25.0 Å². The molecule has 2 aromatic carbocycles. The van der Waals surface area contributed by atoms with E-state index in [9.17, 15) is 0 Å². The first-order chi connectivity index (χ1) is 12.5. The van der Waals surface area contributed by atoms with E-state index in [-0.39, 0.29) is 7.43 Å². The monoisotopic (exact) mass is 466 g/mol. The summed E-state index contributed by atoms with van der Waals surface area (Å²) in [7, 11) is 3.54. The normalized spacial score (nSPS) is 10.1. The lowest BCUT2D eigenvalue weighted by Crippen LogP contribution is -2.54. The minimum atomic E-state index is -2.67. The summed E-state index contributed by atoms with van der Waals surface area (Å²) in [6.45, 7) is 0. The fourth-order valence-electron chi connectivity index (χ4n) is 2.08. The molecule has 2 rings (SSSR count). The first-order valence-electron chi connectivity index (χ1n) is 7.92. The molecule has 0 bridgehead atoms. The first-order valence-corrected chi connectivity index (χ1v) is 12.6. The van der Waals surface area contributed by atoms with E-state index in [2.05, 4.69) is 24.3 Å². The molecule has 0 amide bonds. The number of alkyl halides is 2. The molecule has 0 aliphatic rings. The molecule has 0 unspecified atom stereocenters. The third kappa shape index (κ3) is 9.51. The van der Waals surface area contributed by atoms with E-state index < -0.39 is 8.80 Å². The summed E-state index contributed by atoms with van der Waals surface area (Å²) in [6.07, 6.45) is 0. The van der Waals surface area contributed by atoms with Crippen molar-refractivity contribution >= 4 is 63.1 Å². The zero-order chi connectivity index (χ0) is 20.0. The molecule has 0 spiro atoms. The number of halogens is 2. The van der Waals surface area contributed by atoms with Gasteiger partial charge in [0.05, 0.1) is 0 Å². The van der Waals surface area contributed by atoms with Gasteiger partial charge in [0.1, 0.15) is 10.5 Å². The summed E-state index contributed by atoms with van der Waals surface area (Å²) in [4.78, 5) is 7.14. The Hall–Kier alpha value is -0.489. The van der Waals surface area contributed by atoms with Crippen LogP contribution in [0, 0.1) is 0 Å². The van der Waals surface area contributed by atoms with Crippen molar-refractivity contribution in [1.82, 2.24) is 0 Å². The van der Waals surface area contributed by atoms with Gasteiger partial charge < -0.3 is 18.1 Å². The highest BCUT2D eigenvalue weighted by molar-refractivity contribution is 6.75. The molecule has 0 saturated heterocycles. The third-order valence-corrected chi connectivity index (χ3v) is 7.48. The lowest BCUT2D eigenvalue weighted by Gasteiger charge is -2.24. The number of rotatable bonds is 6. The quantitative estimate of drug-likeness (QED) is 0.505. The maximum Gasteiger partial charge on any atom is 0.536 e. The fourth-order valence-corrected chi connectivity index (χ4v) is 4.55. The predicted octanol–water partition coefficient (Wildman–Crippen LogP) is 0.822. The van der Waals surface area contributed by atoms with Crippen molar-refractivity contribution in [1.29, 1.82) is 0 Å². The second kappa shape index (κ2) is 16.5. The summed E-state index contributed by atoms with van der Waals surface area (Å²) in [5, 5.41) is 2.35. The minimum absolute atomic E-state index is 0. The Kier molecular flexibility index (Phi) is 17.5. The zero-order valence-electron chi connectivity index (χ0n) is 16.0. The molecule has 0 fully saturated rings.